The van der Waals surface area contributed by atoms with Gasteiger partial charge in [0.15, 0.2) is 10.1 Å². The van der Waals surface area contributed by atoms with E-state index < -0.39 is 51.4 Å². The molecule has 0 N–H and O–H groups in total. The number of esters is 1. The second-order valence-corrected chi connectivity index (χ2v) is 14.7. The topological polar surface area (TPSA) is 135 Å². The highest BCUT2D eigenvalue weighted by Crippen LogP contribution is 2.65. The summed E-state index contributed by atoms with van der Waals surface area (Å²) in [7, 11) is -6.80. The molecule has 0 radical (unpaired) electrons. The highest BCUT2D eigenvalue weighted by Gasteiger charge is 2.65. The summed E-state index contributed by atoms with van der Waals surface area (Å²) in [6, 6.07) is 0. The number of carbonyl (C=O) groups excluding carboxylic acids is 4. The lowest BCUT2D eigenvalue weighted by molar-refractivity contribution is -0.259. The molecule has 0 bridgehead atoms. The molecule has 4 aliphatic carbocycles. The molecule has 4 rings (SSSR count). The van der Waals surface area contributed by atoms with Crippen molar-refractivity contribution in [3.63, 3.8) is 0 Å². The summed E-state index contributed by atoms with van der Waals surface area (Å²) in [6.45, 7) is 5.57. The van der Waals surface area contributed by atoms with Crippen LogP contribution in [0, 0.1) is 46.3 Å². The van der Waals surface area contributed by atoms with E-state index in [1.165, 1.54) is 0 Å². The van der Waals surface area contributed by atoms with Gasteiger partial charge >= 0.3 is 17.4 Å². The Bertz CT molecular complexity index is 1250. The van der Waals surface area contributed by atoms with Crippen LogP contribution < -0.4 is 0 Å². The van der Waals surface area contributed by atoms with Gasteiger partial charge in [-0.05, 0) is 60.7 Å². The van der Waals surface area contributed by atoms with Gasteiger partial charge in [-0.2, -0.15) is 22.0 Å². The molecule has 0 amide bonds. The van der Waals surface area contributed by atoms with Gasteiger partial charge in [0.1, 0.15) is 17.3 Å². The second kappa shape index (κ2) is 10.9. The van der Waals surface area contributed by atoms with Crippen molar-refractivity contribution in [1.82, 2.24) is 0 Å². The maximum absolute atomic E-state index is 13.9. The highest BCUT2D eigenvalue weighted by molar-refractivity contribution is 7.86. The van der Waals surface area contributed by atoms with Gasteiger partial charge < -0.3 is 9.29 Å². The molecule has 8 nitrogen and oxygen atoms in total. The van der Waals surface area contributed by atoms with E-state index in [-0.39, 0.29) is 71.6 Å². The molecule has 4 saturated carbocycles. The molecule has 9 unspecified atom stereocenters. The summed E-state index contributed by atoms with van der Waals surface area (Å²) in [5.41, 5.74) is -1.27. The molecule has 0 aromatic rings. The molecule has 0 aromatic carbocycles. The lowest BCUT2D eigenvalue weighted by Crippen LogP contribution is -2.63. The number of fused-ring (bicyclic) bond motifs is 5. The SMILES string of the molecule is CC(CCC(=O)OC(C(F)(F)F)C(F)(F)S(=O)(=O)[O-])C1CCCC2C3C(=O)CC4CC(=O)CCC4(C)C3CC(=O)C12C. The number of alkyl halides is 5. The van der Waals surface area contributed by atoms with Gasteiger partial charge in [0, 0.05) is 43.4 Å². The molecule has 4 fully saturated rings. The van der Waals surface area contributed by atoms with Gasteiger partial charge in [-0.25, -0.2) is 8.42 Å². The quantitative estimate of drug-likeness (QED) is 0.219. The standard InChI is InChI=1S/C28H37F5O8S/c1-14(7-8-22(37)41-24(27(29,30)31)28(32,33)42(38,39)40)17-5-4-6-18-23-19(13-21(36)26(17,18)3)25(2)10-9-16(34)11-15(25)12-20(23)35/h14-15,17-19,23-24H,4-13H2,1-3H3,(H,38,39,40)/p-1. The fourth-order valence-electron chi connectivity index (χ4n) is 8.78. The third-order valence-electron chi connectivity index (χ3n) is 11.1. The molecule has 42 heavy (non-hydrogen) atoms. The maximum atomic E-state index is 13.9. The molecular formula is C28H36F5O8S-. The first-order valence-electron chi connectivity index (χ1n) is 14.3. The van der Waals surface area contributed by atoms with E-state index >= 15 is 0 Å². The Balaban J connectivity index is 1.50. The smallest absolute Gasteiger partial charge is 0.432 e. The Hall–Kier alpha value is -1.96. The third kappa shape index (κ3) is 5.43. The van der Waals surface area contributed by atoms with Gasteiger partial charge in [-0.1, -0.05) is 27.2 Å². The Morgan fingerprint density at radius 1 is 1.05 bits per heavy atom. The number of rotatable bonds is 7. The van der Waals surface area contributed by atoms with Crippen molar-refractivity contribution in [3.8, 4) is 0 Å². The number of hydrogen-bond acceptors (Lipinski definition) is 8. The minimum absolute atomic E-state index is 0.0307. The van der Waals surface area contributed by atoms with Crippen molar-refractivity contribution in [3.05, 3.63) is 0 Å². The zero-order chi connectivity index (χ0) is 31.6. The number of ether oxygens (including phenoxy) is 1. The number of Topliss-reactive ketones (excluding diaryl/α,β-unsaturated/α-hetero) is 3. The molecule has 0 heterocycles. The van der Waals surface area contributed by atoms with Crippen LogP contribution in [0.2, 0.25) is 0 Å². The zero-order valence-corrected chi connectivity index (χ0v) is 24.5. The van der Waals surface area contributed by atoms with E-state index in [0.29, 0.717) is 38.5 Å². The van der Waals surface area contributed by atoms with Crippen molar-refractivity contribution in [2.75, 3.05) is 0 Å². The lowest BCUT2D eigenvalue weighted by atomic mass is 9.40. The number of ketones is 3. The van der Waals surface area contributed by atoms with Crippen LogP contribution in [0.3, 0.4) is 0 Å². The summed E-state index contributed by atoms with van der Waals surface area (Å²) in [6.07, 6.45) is -7.75. The summed E-state index contributed by atoms with van der Waals surface area (Å²) in [4.78, 5) is 51.9. The third-order valence-corrected chi connectivity index (χ3v) is 12.0. The van der Waals surface area contributed by atoms with Crippen LogP contribution in [0.4, 0.5) is 22.0 Å². The fourth-order valence-corrected chi connectivity index (χ4v) is 9.23. The molecular weight excluding hydrogens is 591 g/mol. The first-order valence-corrected chi connectivity index (χ1v) is 15.7. The summed E-state index contributed by atoms with van der Waals surface area (Å²) in [5, 5.41) is -5.92. The van der Waals surface area contributed by atoms with Gasteiger partial charge in [-0.3, -0.25) is 19.2 Å². The van der Waals surface area contributed by atoms with Crippen LogP contribution in [-0.4, -0.2) is 53.8 Å². The van der Waals surface area contributed by atoms with Crippen LogP contribution in [0.5, 0.6) is 0 Å². The predicted octanol–water partition coefficient (Wildman–Crippen LogP) is 4.99. The number of hydrogen-bond donors (Lipinski definition) is 0. The summed E-state index contributed by atoms with van der Waals surface area (Å²) in [5.74, 6) is -3.38. The van der Waals surface area contributed by atoms with Crippen LogP contribution in [0.25, 0.3) is 0 Å². The minimum Gasteiger partial charge on any atom is -0.743 e. The van der Waals surface area contributed by atoms with Crippen LogP contribution in [0.15, 0.2) is 0 Å². The highest BCUT2D eigenvalue weighted by atomic mass is 32.2. The van der Waals surface area contributed by atoms with Crippen LogP contribution in [0.1, 0.15) is 85.0 Å². The van der Waals surface area contributed by atoms with E-state index in [0.717, 1.165) is 0 Å². The second-order valence-electron chi connectivity index (χ2n) is 13.2. The summed E-state index contributed by atoms with van der Waals surface area (Å²) < 4.78 is 103. The largest absolute Gasteiger partial charge is 0.743 e. The van der Waals surface area contributed by atoms with E-state index in [9.17, 15) is 54.1 Å². The van der Waals surface area contributed by atoms with Crippen molar-refractivity contribution in [2.45, 2.75) is 103 Å². The predicted molar refractivity (Wildman–Crippen MR) is 135 cm³/mol. The van der Waals surface area contributed by atoms with Gasteiger partial charge in [0.2, 0.25) is 0 Å². The number of carbonyl (C=O) groups is 4. The Morgan fingerprint density at radius 2 is 1.69 bits per heavy atom. The van der Waals surface area contributed by atoms with E-state index in [1.807, 2.05) is 0 Å². The van der Waals surface area contributed by atoms with Crippen LogP contribution >= 0.6 is 0 Å². The van der Waals surface area contributed by atoms with Crippen molar-refractivity contribution < 1.29 is 58.8 Å². The first kappa shape index (κ1) is 32.9. The van der Waals surface area contributed by atoms with E-state index in [1.54, 1.807) is 13.8 Å². The lowest BCUT2D eigenvalue weighted by Gasteiger charge is -2.62. The fraction of sp³-hybridized carbons (Fsp3) is 0.857. The minimum atomic E-state index is -6.80. The molecule has 0 aliphatic heterocycles. The number of halogens is 5. The Morgan fingerprint density at radius 3 is 2.29 bits per heavy atom. The van der Waals surface area contributed by atoms with Gasteiger partial charge in [0.25, 0.3) is 6.10 Å². The first-order chi connectivity index (χ1) is 19.2. The Labute approximate surface area is 241 Å². The maximum Gasteiger partial charge on any atom is 0.432 e. The molecule has 9 atom stereocenters. The van der Waals surface area contributed by atoms with Gasteiger partial charge in [0.05, 0.1) is 0 Å². The molecule has 4 aliphatic rings. The molecule has 14 heteroatoms. The van der Waals surface area contributed by atoms with E-state index in [2.05, 4.69) is 11.7 Å². The molecule has 0 aromatic heterocycles. The molecule has 0 spiro atoms. The van der Waals surface area contributed by atoms with Crippen molar-refractivity contribution >= 4 is 33.4 Å². The summed E-state index contributed by atoms with van der Waals surface area (Å²) >= 11 is 0. The normalized spacial score (nSPS) is 37.3. The van der Waals surface area contributed by atoms with Crippen molar-refractivity contribution in [2.24, 2.45) is 46.3 Å². The van der Waals surface area contributed by atoms with Crippen LogP contribution in [-0.2, 0) is 34.0 Å². The zero-order valence-electron chi connectivity index (χ0n) is 23.7. The Kier molecular flexibility index (Phi) is 8.54. The van der Waals surface area contributed by atoms with Crippen molar-refractivity contribution in [1.29, 1.82) is 0 Å². The monoisotopic (exact) mass is 627 g/mol. The van der Waals surface area contributed by atoms with E-state index in [4.69, 9.17) is 0 Å². The molecule has 238 valence electrons. The average Bonchev–Trinajstić information content (AvgIpc) is 2.86. The average molecular weight is 628 g/mol. The van der Waals surface area contributed by atoms with Gasteiger partial charge in [-0.15, -0.1) is 0 Å². The molecule has 0 saturated heterocycles.